The molecule has 2 amide bonds. The fourth-order valence-electron chi connectivity index (χ4n) is 3.71. The van der Waals surface area contributed by atoms with Crippen molar-refractivity contribution in [2.75, 3.05) is 43.0 Å². The fourth-order valence-corrected chi connectivity index (χ4v) is 4.81. The summed E-state index contributed by atoms with van der Waals surface area (Å²) in [6.45, 7) is 5.40. The number of piperazine rings is 1. The third-order valence-corrected chi connectivity index (χ3v) is 6.48. The van der Waals surface area contributed by atoms with Crippen molar-refractivity contribution >= 4 is 35.0 Å². The second-order valence-corrected chi connectivity index (χ2v) is 8.31. The molecule has 0 bridgehead atoms. The summed E-state index contributed by atoms with van der Waals surface area (Å²) in [7, 11) is 0. The molecular formula is C22H25N3O3S. The van der Waals surface area contributed by atoms with Crippen molar-refractivity contribution in [1.82, 2.24) is 4.90 Å². The van der Waals surface area contributed by atoms with Crippen LogP contribution in [0.1, 0.15) is 13.3 Å². The van der Waals surface area contributed by atoms with Gasteiger partial charge in [0, 0.05) is 37.5 Å². The Balaban J connectivity index is 1.35. The summed E-state index contributed by atoms with van der Waals surface area (Å²) in [6, 6.07) is 15.7. The van der Waals surface area contributed by atoms with Crippen LogP contribution in [0, 0.1) is 0 Å². The Labute approximate surface area is 175 Å². The summed E-state index contributed by atoms with van der Waals surface area (Å²) in [6.07, 6.45) is 0.223. The maximum atomic E-state index is 12.8. The Morgan fingerprint density at radius 1 is 1.10 bits per heavy atom. The highest BCUT2D eigenvalue weighted by atomic mass is 32.2. The van der Waals surface area contributed by atoms with Crippen molar-refractivity contribution in [3.05, 3.63) is 48.5 Å². The minimum absolute atomic E-state index is 0.0368. The van der Waals surface area contributed by atoms with E-state index in [2.05, 4.69) is 16.3 Å². The molecule has 2 aliphatic heterocycles. The van der Waals surface area contributed by atoms with Crippen molar-refractivity contribution in [1.29, 1.82) is 0 Å². The minimum Gasteiger partial charge on any atom is -0.492 e. The number of thioether (sulfide) groups is 1. The normalized spacial score (nSPS) is 18.8. The Bertz CT molecular complexity index is 896. The highest BCUT2D eigenvalue weighted by Gasteiger charge is 2.31. The Kier molecular flexibility index (Phi) is 5.94. The molecular weight excluding hydrogens is 386 g/mol. The molecule has 1 saturated heterocycles. The summed E-state index contributed by atoms with van der Waals surface area (Å²) in [4.78, 5) is 30.4. The lowest BCUT2D eigenvalue weighted by molar-refractivity contribution is -0.132. The maximum Gasteiger partial charge on any atom is 0.238 e. The summed E-state index contributed by atoms with van der Waals surface area (Å²) >= 11 is 1.48. The number of para-hydroxylation sites is 3. The molecule has 7 heteroatoms. The van der Waals surface area contributed by atoms with Crippen LogP contribution in [0.2, 0.25) is 0 Å². The number of nitrogens with zero attached hydrogens (tertiary/aromatic N) is 2. The molecule has 4 rings (SSSR count). The molecule has 2 aromatic carbocycles. The number of anilines is 2. The number of hydrogen-bond donors (Lipinski definition) is 1. The summed E-state index contributed by atoms with van der Waals surface area (Å²) in [5.74, 6) is 0.824. The first-order valence-corrected chi connectivity index (χ1v) is 10.8. The largest absolute Gasteiger partial charge is 0.492 e. The fraction of sp³-hybridized carbons (Fsp3) is 0.364. The molecule has 6 nitrogen and oxygen atoms in total. The van der Waals surface area contributed by atoms with Crippen LogP contribution in [0.25, 0.3) is 0 Å². The molecule has 0 unspecified atom stereocenters. The molecule has 0 spiro atoms. The van der Waals surface area contributed by atoms with Crippen molar-refractivity contribution in [3.63, 3.8) is 0 Å². The maximum absolute atomic E-state index is 12.8. The van der Waals surface area contributed by atoms with Gasteiger partial charge in [-0.05, 0) is 31.2 Å². The predicted molar refractivity (Wildman–Crippen MR) is 116 cm³/mol. The van der Waals surface area contributed by atoms with Crippen molar-refractivity contribution in [3.8, 4) is 5.75 Å². The molecule has 1 N–H and O–H groups in total. The topological polar surface area (TPSA) is 61.9 Å². The van der Waals surface area contributed by atoms with Gasteiger partial charge in [0.15, 0.2) is 0 Å². The lowest BCUT2D eigenvalue weighted by atomic mass is 10.2. The number of ether oxygens (including phenoxy) is 1. The van der Waals surface area contributed by atoms with Crippen LogP contribution in [-0.2, 0) is 9.59 Å². The highest BCUT2D eigenvalue weighted by Crippen LogP contribution is 2.37. The average molecular weight is 412 g/mol. The van der Waals surface area contributed by atoms with Crippen LogP contribution in [0.4, 0.5) is 11.4 Å². The van der Waals surface area contributed by atoms with Gasteiger partial charge in [0.2, 0.25) is 11.8 Å². The Morgan fingerprint density at radius 3 is 2.62 bits per heavy atom. The number of benzene rings is 2. The molecule has 2 aromatic rings. The van der Waals surface area contributed by atoms with Gasteiger partial charge in [-0.25, -0.2) is 0 Å². The number of nitrogens with one attached hydrogen (secondary N) is 1. The van der Waals surface area contributed by atoms with E-state index in [1.54, 1.807) is 0 Å². The van der Waals surface area contributed by atoms with E-state index >= 15 is 0 Å². The van der Waals surface area contributed by atoms with Gasteiger partial charge < -0.3 is 19.9 Å². The number of hydrogen-bond acceptors (Lipinski definition) is 5. The SMILES string of the molecule is CCOc1ccccc1N1CCN(C(=O)C[C@@H]2Sc3ccccc3NC2=O)CC1. The van der Waals surface area contributed by atoms with Crippen LogP contribution in [0.3, 0.4) is 0 Å². The molecule has 29 heavy (non-hydrogen) atoms. The van der Waals surface area contributed by atoms with Crippen LogP contribution in [0.5, 0.6) is 5.75 Å². The molecule has 1 fully saturated rings. The number of carbonyl (C=O) groups excluding carboxylic acids is 2. The van der Waals surface area contributed by atoms with Gasteiger partial charge in [0.05, 0.1) is 23.2 Å². The zero-order valence-corrected chi connectivity index (χ0v) is 17.3. The predicted octanol–water partition coefficient (Wildman–Crippen LogP) is 3.24. The van der Waals surface area contributed by atoms with Crippen molar-refractivity contribution in [2.45, 2.75) is 23.5 Å². The van der Waals surface area contributed by atoms with Crippen LogP contribution >= 0.6 is 11.8 Å². The number of carbonyl (C=O) groups is 2. The zero-order valence-electron chi connectivity index (χ0n) is 16.5. The van der Waals surface area contributed by atoms with Crippen LogP contribution < -0.4 is 15.0 Å². The molecule has 2 heterocycles. The lowest BCUT2D eigenvalue weighted by Gasteiger charge is -2.37. The summed E-state index contributed by atoms with van der Waals surface area (Å²) < 4.78 is 5.74. The third-order valence-electron chi connectivity index (χ3n) is 5.20. The molecule has 0 radical (unpaired) electrons. The van der Waals surface area contributed by atoms with Gasteiger partial charge in [-0.15, -0.1) is 11.8 Å². The second kappa shape index (κ2) is 8.78. The Morgan fingerprint density at radius 2 is 1.83 bits per heavy atom. The van der Waals surface area contributed by atoms with Gasteiger partial charge >= 0.3 is 0 Å². The van der Waals surface area contributed by atoms with E-state index in [1.807, 2.05) is 54.3 Å². The summed E-state index contributed by atoms with van der Waals surface area (Å²) in [5.41, 5.74) is 1.90. The second-order valence-electron chi connectivity index (χ2n) is 7.06. The molecule has 1 atom stereocenters. The van der Waals surface area contributed by atoms with E-state index in [4.69, 9.17) is 4.74 Å². The van der Waals surface area contributed by atoms with Crippen molar-refractivity contribution < 1.29 is 14.3 Å². The first-order valence-electron chi connectivity index (χ1n) is 9.97. The first kappa shape index (κ1) is 19.6. The van der Waals surface area contributed by atoms with Crippen molar-refractivity contribution in [2.24, 2.45) is 0 Å². The molecule has 2 aliphatic rings. The number of fused-ring (bicyclic) bond motifs is 1. The van der Waals surface area contributed by atoms with Gasteiger partial charge in [0.1, 0.15) is 5.75 Å². The van der Waals surface area contributed by atoms with E-state index in [9.17, 15) is 9.59 Å². The monoisotopic (exact) mass is 411 g/mol. The Hall–Kier alpha value is -2.67. The lowest BCUT2D eigenvalue weighted by Crippen LogP contribution is -2.49. The number of rotatable bonds is 5. The van der Waals surface area contributed by atoms with Gasteiger partial charge in [-0.3, -0.25) is 9.59 Å². The standard InChI is InChI=1S/C22H25N3O3S/c1-2-28-18-9-5-4-8-17(18)24-11-13-25(14-12-24)21(26)15-20-22(27)23-16-7-3-6-10-19(16)29-20/h3-10,20H,2,11-15H2,1H3,(H,23,27)/t20-/m0/s1. The molecule has 0 saturated carbocycles. The van der Waals surface area contributed by atoms with Gasteiger partial charge in [-0.1, -0.05) is 24.3 Å². The van der Waals surface area contributed by atoms with Crippen LogP contribution in [-0.4, -0.2) is 54.8 Å². The quantitative estimate of drug-likeness (QED) is 0.819. The highest BCUT2D eigenvalue weighted by molar-refractivity contribution is 8.01. The van der Waals surface area contributed by atoms with Gasteiger partial charge in [0.25, 0.3) is 0 Å². The molecule has 152 valence electrons. The van der Waals surface area contributed by atoms with Gasteiger partial charge in [-0.2, -0.15) is 0 Å². The third kappa shape index (κ3) is 4.34. The van der Waals surface area contributed by atoms with E-state index in [-0.39, 0.29) is 23.5 Å². The smallest absolute Gasteiger partial charge is 0.238 e. The summed E-state index contributed by atoms with van der Waals surface area (Å²) in [5, 5.41) is 2.53. The minimum atomic E-state index is -0.380. The van der Waals surface area contributed by atoms with Crippen LogP contribution in [0.15, 0.2) is 53.4 Å². The average Bonchev–Trinajstić information content (AvgIpc) is 2.75. The van der Waals surface area contributed by atoms with E-state index in [0.717, 1.165) is 35.1 Å². The zero-order chi connectivity index (χ0) is 20.2. The van der Waals surface area contributed by atoms with E-state index in [1.165, 1.54) is 11.8 Å². The molecule has 0 aromatic heterocycles. The first-order chi connectivity index (χ1) is 14.2. The van der Waals surface area contributed by atoms with E-state index in [0.29, 0.717) is 19.7 Å². The number of amides is 2. The van der Waals surface area contributed by atoms with E-state index < -0.39 is 0 Å². The molecule has 0 aliphatic carbocycles.